The Kier molecular flexibility index (Phi) is 15.2. The molecule has 0 aliphatic rings. The summed E-state index contributed by atoms with van der Waals surface area (Å²) < 4.78 is 10.2. The van der Waals surface area contributed by atoms with E-state index in [0.29, 0.717) is 0 Å². The fourth-order valence-corrected chi connectivity index (χ4v) is 3.57. The van der Waals surface area contributed by atoms with Gasteiger partial charge in [-0.1, -0.05) is 49.9 Å². The van der Waals surface area contributed by atoms with Gasteiger partial charge < -0.3 is 19.2 Å². The van der Waals surface area contributed by atoms with Gasteiger partial charge in [-0.15, -0.1) is 0 Å². The molecular formula is C21H40ClNO4P+. The number of nitrogens with zero attached hydrogens (tertiary/aromatic N) is 1. The molecule has 0 heterocycles. The molecule has 0 bridgehead atoms. The zero-order chi connectivity index (χ0) is 21.5. The summed E-state index contributed by atoms with van der Waals surface area (Å²) in [5.41, 5.74) is 1.42. The van der Waals surface area contributed by atoms with Crippen molar-refractivity contribution in [3.63, 3.8) is 0 Å². The number of aryl methyl sites for hydroxylation is 1. The highest BCUT2D eigenvalue weighted by Crippen LogP contribution is 2.25. The zero-order valence-corrected chi connectivity index (χ0v) is 19.5. The number of hydrogen-bond donors (Lipinski definition) is 3. The van der Waals surface area contributed by atoms with Crippen molar-refractivity contribution >= 4 is 19.4 Å². The number of quaternary nitrogens is 1. The first-order valence-corrected chi connectivity index (χ1v) is 12.5. The minimum absolute atomic E-state index is 0.837. The fourth-order valence-electron chi connectivity index (χ4n) is 3.45. The molecule has 164 valence electrons. The van der Waals surface area contributed by atoms with Crippen molar-refractivity contribution in [2.75, 3.05) is 26.2 Å². The number of halogens is 1. The second-order valence-corrected chi connectivity index (χ2v) is 8.90. The highest BCUT2D eigenvalue weighted by molar-refractivity contribution is 7.45. The van der Waals surface area contributed by atoms with Gasteiger partial charge >= 0.3 is 7.82 Å². The molecule has 0 unspecified atom stereocenters. The Morgan fingerprint density at radius 2 is 1.29 bits per heavy atom. The maximum Gasteiger partial charge on any atom is 0.466 e. The second kappa shape index (κ2) is 15.4. The second-order valence-electron chi connectivity index (χ2n) is 7.43. The van der Waals surface area contributed by atoms with E-state index in [9.17, 15) is 0 Å². The number of phosphoric acid groups is 1. The minimum atomic E-state index is -4.64. The average Bonchev–Trinajstić information content (AvgIpc) is 2.63. The smallest absolute Gasteiger partial charge is 0.324 e. The third-order valence-electron chi connectivity index (χ3n) is 5.34. The summed E-state index contributed by atoms with van der Waals surface area (Å²) in [6, 6.07) is 8.34. The molecule has 0 saturated heterocycles. The molecule has 5 nitrogen and oxygen atoms in total. The first-order valence-electron chi connectivity index (χ1n) is 10.5. The molecule has 28 heavy (non-hydrogen) atoms. The Bertz CT molecular complexity index is 536. The van der Waals surface area contributed by atoms with Gasteiger partial charge in [0, 0.05) is 5.02 Å². The van der Waals surface area contributed by atoms with Gasteiger partial charge in [0.05, 0.1) is 26.2 Å². The molecule has 0 fully saturated rings. The summed E-state index contributed by atoms with van der Waals surface area (Å²) in [6.07, 6.45) is 10.8. The van der Waals surface area contributed by atoms with Crippen LogP contribution in [0, 0.1) is 0 Å². The molecule has 1 aromatic carbocycles. The summed E-state index contributed by atoms with van der Waals surface area (Å²) in [4.78, 5) is 21.6. The first-order chi connectivity index (χ1) is 13.2. The molecule has 0 aliphatic heterocycles. The molecule has 0 aromatic heterocycles. The van der Waals surface area contributed by atoms with Crippen LogP contribution in [0.25, 0.3) is 0 Å². The number of rotatable bonds is 13. The van der Waals surface area contributed by atoms with Gasteiger partial charge in [0.25, 0.3) is 0 Å². The topological polar surface area (TPSA) is 77.8 Å². The van der Waals surface area contributed by atoms with Crippen molar-refractivity contribution in [3.8, 4) is 0 Å². The van der Waals surface area contributed by atoms with Crippen LogP contribution in [0.3, 0.4) is 0 Å². The largest absolute Gasteiger partial charge is 0.466 e. The standard InChI is InChI=1S/C21H37ClN.H3O4P/c1-4-7-8-9-11-18-23(5-2,6-3)19-12-10-13-20-14-16-21(22)17-15-20;1-5(2,3)4/h14-17H,4-13,18-19H2,1-3H3;(H3,1,2,3,4)/q+1;. The van der Waals surface area contributed by atoms with E-state index in [4.69, 9.17) is 30.8 Å². The van der Waals surface area contributed by atoms with E-state index < -0.39 is 7.82 Å². The van der Waals surface area contributed by atoms with Crippen molar-refractivity contribution in [1.82, 2.24) is 0 Å². The molecular weight excluding hydrogens is 397 g/mol. The Morgan fingerprint density at radius 3 is 1.75 bits per heavy atom. The van der Waals surface area contributed by atoms with Crippen molar-refractivity contribution in [2.24, 2.45) is 0 Å². The maximum atomic E-state index is 8.88. The molecule has 1 rings (SSSR count). The minimum Gasteiger partial charge on any atom is -0.324 e. The monoisotopic (exact) mass is 436 g/mol. The summed E-state index contributed by atoms with van der Waals surface area (Å²) in [7, 11) is -4.64. The highest BCUT2D eigenvalue weighted by atomic mass is 35.5. The van der Waals surface area contributed by atoms with Crippen LogP contribution in [0.2, 0.25) is 5.02 Å². The normalized spacial score (nSPS) is 11.8. The maximum absolute atomic E-state index is 8.88. The van der Waals surface area contributed by atoms with E-state index in [1.807, 2.05) is 12.1 Å². The summed E-state index contributed by atoms with van der Waals surface area (Å²) in [5.74, 6) is 0. The third kappa shape index (κ3) is 15.5. The number of benzene rings is 1. The van der Waals surface area contributed by atoms with E-state index >= 15 is 0 Å². The summed E-state index contributed by atoms with van der Waals surface area (Å²) in [6.45, 7) is 12.3. The van der Waals surface area contributed by atoms with Crippen LogP contribution in [0.4, 0.5) is 0 Å². The van der Waals surface area contributed by atoms with Crippen molar-refractivity contribution < 1.29 is 23.7 Å². The Balaban J connectivity index is 0.00000129. The van der Waals surface area contributed by atoms with E-state index in [1.54, 1.807) is 0 Å². The first kappa shape index (κ1) is 27.6. The number of unbranched alkanes of at least 4 members (excludes halogenated alkanes) is 5. The van der Waals surface area contributed by atoms with Crippen LogP contribution in [-0.4, -0.2) is 45.3 Å². The predicted molar refractivity (Wildman–Crippen MR) is 118 cm³/mol. The molecule has 7 heteroatoms. The molecule has 0 atom stereocenters. The van der Waals surface area contributed by atoms with Crippen LogP contribution < -0.4 is 0 Å². The van der Waals surface area contributed by atoms with Crippen LogP contribution >= 0.6 is 19.4 Å². The van der Waals surface area contributed by atoms with Gasteiger partial charge in [-0.2, -0.15) is 0 Å². The van der Waals surface area contributed by atoms with E-state index in [1.165, 1.54) is 87.6 Å². The fraction of sp³-hybridized carbons (Fsp3) is 0.714. The van der Waals surface area contributed by atoms with Gasteiger partial charge in [0.2, 0.25) is 0 Å². The van der Waals surface area contributed by atoms with Crippen LogP contribution in [0.15, 0.2) is 24.3 Å². The van der Waals surface area contributed by atoms with Crippen molar-refractivity contribution in [1.29, 1.82) is 0 Å². The molecule has 1 aromatic rings. The van der Waals surface area contributed by atoms with Crippen molar-refractivity contribution in [3.05, 3.63) is 34.9 Å². The lowest BCUT2D eigenvalue weighted by Crippen LogP contribution is -2.49. The lowest BCUT2D eigenvalue weighted by atomic mass is 10.1. The molecule has 0 saturated carbocycles. The third-order valence-corrected chi connectivity index (χ3v) is 5.59. The summed E-state index contributed by atoms with van der Waals surface area (Å²) >= 11 is 5.95. The quantitative estimate of drug-likeness (QED) is 0.215. The highest BCUT2D eigenvalue weighted by Gasteiger charge is 2.21. The average molecular weight is 437 g/mol. The number of hydrogen-bond acceptors (Lipinski definition) is 1. The predicted octanol–water partition coefficient (Wildman–Crippen LogP) is 5.56. The summed E-state index contributed by atoms with van der Waals surface area (Å²) in [5, 5.41) is 0.837. The van der Waals surface area contributed by atoms with Gasteiger partial charge in [0.1, 0.15) is 0 Å². The zero-order valence-electron chi connectivity index (χ0n) is 17.8. The SMILES string of the molecule is CCCCCCC[N+](CC)(CC)CCCCc1ccc(Cl)cc1.O=P(O)(O)O. The Morgan fingerprint density at radius 1 is 0.821 bits per heavy atom. The van der Waals surface area contributed by atoms with E-state index in [2.05, 4.69) is 32.9 Å². The van der Waals surface area contributed by atoms with E-state index in [0.717, 1.165) is 5.02 Å². The van der Waals surface area contributed by atoms with Crippen LogP contribution in [0.1, 0.15) is 71.3 Å². The molecule has 0 amide bonds. The van der Waals surface area contributed by atoms with Crippen molar-refractivity contribution in [2.45, 2.75) is 72.1 Å². The molecule has 0 aliphatic carbocycles. The van der Waals surface area contributed by atoms with Crippen LogP contribution in [-0.2, 0) is 11.0 Å². The molecule has 0 radical (unpaired) electrons. The van der Waals surface area contributed by atoms with Crippen LogP contribution in [0.5, 0.6) is 0 Å². The van der Waals surface area contributed by atoms with E-state index in [-0.39, 0.29) is 0 Å². The molecule has 0 spiro atoms. The van der Waals surface area contributed by atoms with Gasteiger partial charge in [-0.3, -0.25) is 0 Å². The van der Waals surface area contributed by atoms with Gasteiger partial charge in [-0.25, -0.2) is 4.57 Å². The molecule has 3 N–H and O–H groups in total. The Labute approximate surface area is 176 Å². The Hall–Kier alpha value is -0.420. The lowest BCUT2D eigenvalue weighted by molar-refractivity contribution is -0.925. The van der Waals surface area contributed by atoms with Gasteiger partial charge in [-0.05, 0) is 63.6 Å². The van der Waals surface area contributed by atoms with Gasteiger partial charge in [0.15, 0.2) is 0 Å². The lowest BCUT2D eigenvalue weighted by Gasteiger charge is -2.37.